The summed E-state index contributed by atoms with van der Waals surface area (Å²) in [6.07, 6.45) is 7.86. The van der Waals surface area contributed by atoms with E-state index in [9.17, 15) is 0 Å². The van der Waals surface area contributed by atoms with E-state index in [0.29, 0.717) is 6.10 Å². The van der Waals surface area contributed by atoms with Crippen LogP contribution in [0.5, 0.6) is 0 Å². The van der Waals surface area contributed by atoms with Crippen molar-refractivity contribution in [3.8, 4) is 0 Å². The van der Waals surface area contributed by atoms with Gasteiger partial charge in [0.2, 0.25) is 0 Å². The van der Waals surface area contributed by atoms with Crippen molar-refractivity contribution in [2.75, 3.05) is 13.2 Å². The number of nitrogens with one attached hydrogen (secondary N) is 1. The zero-order valence-electron chi connectivity index (χ0n) is 13.1. The fraction of sp³-hybridized carbons (Fsp3) is 0.765. The van der Waals surface area contributed by atoms with Gasteiger partial charge < -0.3 is 14.5 Å². The molecule has 1 fully saturated rings. The van der Waals surface area contributed by atoms with Crippen LogP contribution in [0.1, 0.15) is 45.6 Å². The fourth-order valence-corrected chi connectivity index (χ4v) is 3.21. The second kappa shape index (κ2) is 7.84. The summed E-state index contributed by atoms with van der Waals surface area (Å²) in [6, 6.07) is 1.99. The molecule has 2 rings (SSSR count). The predicted molar refractivity (Wildman–Crippen MR) is 81.5 cm³/mol. The molecule has 1 heterocycles. The van der Waals surface area contributed by atoms with Gasteiger partial charge in [-0.05, 0) is 36.7 Å². The third-order valence-electron chi connectivity index (χ3n) is 4.48. The highest BCUT2D eigenvalue weighted by molar-refractivity contribution is 5.04. The van der Waals surface area contributed by atoms with E-state index in [1.165, 1.54) is 24.8 Å². The molecule has 0 spiro atoms. The van der Waals surface area contributed by atoms with Crippen LogP contribution in [0.25, 0.3) is 0 Å². The maximum Gasteiger partial charge on any atom is 0.0947 e. The van der Waals surface area contributed by atoms with Crippen LogP contribution in [0.4, 0.5) is 0 Å². The topological polar surface area (TPSA) is 34.4 Å². The fourth-order valence-electron chi connectivity index (χ4n) is 3.21. The van der Waals surface area contributed by atoms with Crippen LogP contribution in [0.2, 0.25) is 0 Å². The number of ether oxygens (including phenoxy) is 1. The second-order valence-corrected chi connectivity index (χ2v) is 6.54. The Hall–Kier alpha value is -0.800. The summed E-state index contributed by atoms with van der Waals surface area (Å²) in [4.78, 5) is 0. The molecule has 1 aliphatic rings. The first-order valence-electron chi connectivity index (χ1n) is 8.00. The molecule has 3 atom stereocenters. The van der Waals surface area contributed by atoms with Gasteiger partial charge >= 0.3 is 0 Å². The molecule has 20 heavy (non-hydrogen) atoms. The molecule has 0 bridgehead atoms. The maximum atomic E-state index is 6.16. The normalized spacial score (nSPS) is 27.1. The van der Waals surface area contributed by atoms with E-state index in [1.807, 2.05) is 6.07 Å². The number of hydrogen-bond acceptors (Lipinski definition) is 3. The minimum absolute atomic E-state index is 0.453. The molecule has 3 heteroatoms. The van der Waals surface area contributed by atoms with Crippen LogP contribution in [0, 0.1) is 17.8 Å². The van der Waals surface area contributed by atoms with Crippen molar-refractivity contribution in [1.82, 2.24) is 5.32 Å². The van der Waals surface area contributed by atoms with Gasteiger partial charge in [-0.25, -0.2) is 0 Å². The largest absolute Gasteiger partial charge is 0.472 e. The molecule has 3 unspecified atom stereocenters. The molecule has 0 aliphatic heterocycles. The van der Waals surface area contributed by atoms with Crippen molar-refractivity contribution in [3.05, 3.63) is 24.2 Å². The second-order valence-electron chi connectivity index (χ2n) is 6.54. The molecule has 1 aliphatic carbocycles. The quantitative estimate of drug-likeness (QED) is 0.770. The van der Waals surface area contributed by atoms with Crippen LogP contribution in [0.3, 0.4) is 0 Å². The van der Waals surface area contributed by atoms with Crippen molar-refractivity contribution in [2.45, 2.75) is 52.7 Å². The van der Waals surface area contributed by atoms with Gasteiger partial charge in [0.25, 0.3) is 0 Å². The van der Waals surface area contributed by atoms with Crippen molar-refractivity contribution in [1.29, 1.82) is 0 Å². The zero-order valence-corrected chi connectivity index (χ0v) is 13.1. The molecule has 3 nitrogen and oxygen atoms in total. The molecule has 0 amide bonds. The van der Waals surface area contributed by atoms with Gasteiger partial charge in [0.05, 0.1) is 25.2 Å². The lowest BCUT2D eigenvalue weighted by molar-refractivity contribution is -0.0367. The highest BCUT2D eigenvalue weighted by Gasteiger charge is 2.31. The van der Waals surface area contributed by atoms with Gasteiger partial charge in [-0.15, -0.1) is 0 Å². The third kappa shape index (κ3) is 4.64. The number of furan rings is 1. The van der Waals surface area contributed by atoms with Crippen LogP contribution in [0.15, 0.2) is 23.0 Å². The molecular weight excluding hydrogens is 250 g/mol. The molecule has 0 aromatic carbocycles. The summed E-state index contributed by atoms with van der Waals surface area (Å²) in [5.74, 6) is 2.28. The Labute approximate surface area is 123 Å². The van der Waals surface area contributed by atoms with E-state index >= 15 is 0 Å². The summed E-state index contributed by atoms with van der Waals surface area (Å²) in [6.45, 7) is 9.57. The summed E-state index contributed by atoms with van der Waals surface area (Å²) in [5, 5.41) is 3.40. The minimum atomic E-state index is 0.453. The SMILES string of the molecule is CC1CCC(C(C)C)C(OCCNCc2ccoc2)C1. The summed E-state index contributed by atoms with van der Waals surface area (Å²) < 4.78 is 11.2. The Morgan fingerprint density at radius 1 is 1.40 bits per heavy atom. The smallest absolute Gasteiger partial charge is 0.0947 e. The molecule has 1 aromatic rings. The average Bonchev–Trinajstić information content (AvgIpc) is 2.91. The van der Waals surface area contributed by atoms with Crippen LogP contribution >= 0.6 is 0 Å². The first-order valence-corrected chi connectivity index (χ1v) is 8.00. The maximum absolute atomic E-state index is 6.16. The Bertz CT molecular complexity index is 361. The zero-order chi connectivity index (χ0) is 14.4. The lowest BCUT2D eigenvalue weighted by atomic mass is 9.75. The first kappa shape index (κ1) is 15.6. The lowest BCUT2D eigenvalue weighted by Gasteiger charge is -2.37. The van der Waals surface area contributed by atoms with E-state index in [-0.39, 0.29) is 0 Å². The average molecular weight is 279 g/mol. The Kier molecular flexibility index (Phi) is 6.11. The minimum Gasteiger partial charge on any atom is -0.472 e. The Morgan fingerprint density at radius 3 is 2.95 bits per heavy atom. The van der Waals surface area contributed by atoms with Crippen LogP contribution in [-0.4, -0.2) is 19.3 Å². The lowest BCUT2D eigenvalue weighted by Crippen LogP contribution is -2.35. The van der Waals surface area contributed by atoms with Crippen molar-refractivity contribution >= 4 is 0 Å². The Morgan fingerprint density at radius 2 is 2.25 bits per heavy atom. The molecule has 1 saturated carbocycles. The Balaban J connectivity index is 1.65. The van der Waals surface area contributed by atoms with Crippen molar-refractivity contribution in [2.24, 2.45) is 17.8 Å². The van der Waals surface area contributed by atoms with Gasteiger partial charge in [-0.2, -0.15) is 0 Å². The van der Waals surface area contributed by atoms with Gasteiger partial charge in [0.1, 0.15) is 0 Å². The first-order chi connectivity index (χ1) is 9.66. The third-order valence-corrected chi connectivity index (χ3v) is 4.48. The summed E-state index contributed by atoms with van der Waals surface area (Å²) in [7, 11) is 0. The molecular formula is C17H29NO2. The molecule has 114 valence electrons. The highest BCUT2D eigenvalue weighted by atomic mass is 16.5. The van der Waals surface area contributed by atoms with E-state index < -0.39 is 0 Å². The molecule has 1 aromatic heterocycles. The van der Waals surface area contributed by atoms with E-state index in [1.54, 1.807) is 12.5 Å². The highest BCUT2D eigenvalue weighted by Crippen LogP contribution is 2.35. The van der Waals surface area contributed by atoms with E-state index in [0.717, 1.165) is 37.5 Å². The summed E-state index contributed by atoms with van der Waals surface area (Å²) >= 11 is 0. The predicted octanol–water partition coefficient (Wildman–Crippen LogP) is 3.85. The molecule has 0 radical (unpaired) electrons. The number of rotatable bonds is 7. The number of hydrogen-bond donors (Lipinski definition) is 1. The van der Waals surface area contributed by atoms with Gasteiger partial charge in [0, 0.05) is 18.7 Å². The van der Waals surface area contributed by atoms with Crippen LogP contribution in [-0.2, 0) is 11.3 Å². The van der Waals surface area contributed by atoms with Crippen molar-refractivity contribution < 1.29 is 9.15 Å². The monoisotopic (exact) mass is 279 g/mol. The van der Waals surface area contributed by atoms with E-state index in [4.69, 9.17) is 9.15 Å². The molecule has 0 saturated heterocycles. The van der Waals surface area contributed by atoms with Crippen molar-refractivity contribution in [3.63, 3.8) is 0 Å². The summed E-state index contributed by atoms with van der Waals surface area (Å²) in [5.41, 5.74) is 1.19. The van der Waals surface area contributed by atoms with Gasteiger partial charge in [-0.1, -0.05) is 27.2 Å². The van der Waals surface area contributed by atoms with Gasteiger partial charge in [0.15, 0.2) is 0 Å². The standard InChI is InChI=1S/C17H29NO2/c1-13(2)16-5-4-14(3)10-17(16)20-9-7-18-11-15-6-8-19-12-15/h6,8,12-14,16-18H,4-5,7,9-11H2,1-3H3. The van der Waals surface area contributed by atoms with Crippen LogP contribution < -0.4 is 5.32 Å². The molecule has 1 N–H and O–H groups in total. The van der Waals surface area contributed by atoms with E-state index in [2.05, 4.69) is 26.1 Å². The van der Waals surface area contributed by atoms with Gasteiger partial charge in [-0.3, -0.25) is 0 Å².